The van der Waals surface area contributed by atoms with Gasteiger partial charge >= 0.3 is 0 Å². The first-order valence-corrected chi connectivity index (χ1v) is 5.97. The number of amides is 1. The van der Waals surface area contributed by atoms with Crippen LogP contribution in [0.4, 0.5) is 0 Å². The zero-order chi connectivity index (χ0) is 11.1. The van der Waals surface area contributed by atoms with E-state index in [-0.39, 0.29) is 5.41 Å². The van der Waals surface area contributed by atoms with E-state index in [1.807, 2.05) is 4.90 Å². The minimum Gasteiger partial charge on any atom is -0.341 e. The second-order valence-electron chi connectivity index (χ2n) is 6.15. The third kappa shape index (κ3) is 2.51. The maximum Gasteiger partial charge on any atom is 0.223 e. The fraction of sp³-hybridized carbons (Fsp3) is 0.917. The summed E-state index contributed by atoms with van der Waals surface area (Å²) in [4.78, 5) is 14.0. The molecule has 3 heteroatoms. The highest BCUT2D eigenvalue weighted by Gasteiger charge is 2.38. The summed E-state index contributed by atoms with van der Waals surface area (Å²) in [7, 11) is 0. The van der Waals surface area contributed by atoms with Gasteiger partial charge in [-0.25, -0.2) is 0 Å². The molecule has 0 radical (unpaired) electrons. The van der Waals surface area contributed by atoms with Crippen molar-refractivity contribution in [2.24, 2.45) is 11.3 Å². The van der Waals surface area contributed by atoms with Gasteiger partial charge in [-0.15, -0.1) is 0 Å². The van der Waals surface area contributed by atoms with Crippen molar-refractivity contribution in [2.45, 2.75) is 39.7 Å². The lowest BCUT2D eigenvalue weighted by molar-refractivity contribution is -0.132. The first-order chi connectivity index (χ1) is 6.96. The van der Waals surface area contributed by atoms with Gasteiger partial charge in [0.1, 0.15) is 0 Å². The van der Waals surface area contributed by atoms with Crippen molar-refractivity contribution in [1.82, 2.24) is 10.2 Å². The Morgan fingerprint density at radius 1 is 1.40 bits per heavy atom. The van der Waals surface area contributed by atoms with Crippen molar-refractivity contribution in [3.63, 3.8) is 0 Å². The van der Waals surface area contributed by atoms with Crippen LogP contribution in [-0.2, 0) is 4.79 Å². The van der Waals surface area contributed by atoms with Crippen LogP contribution in [0.2, 0.25) is 0 Å². The molecule has 2 rings (SSSR count). The Hall–Kier alpha value is -0.570. The molecule has 0 spiro atoms. The second kappa shape index (κ2) is 3.78. The summed E-state index contributed by atoms with van der Waals surface area (Å²) in [6.45, 7) is 9.42. The van der Waals surface area contributed by atoms with Gasteiger partial charge in [0.15, 0.2) is 0 Å². The molecule has 2 heterocycles. The molecule has 0 aromatic carbocycles. The summed E-state index contributed by atoms with van der Waals surface area (Å²) in [5.74, 6) is 1.05. The zero-order valence-electron chi connectivity index (χ0n) is 10.0. The number of likely N-dealkylation sites (tertiary alicyclic amines) is 1. The van der Waals surface area contributed by atoms with Crippen LogP contribution in [-0.4, -0.2) is 36.5 Å². The molecule has 15 heavy (non-hydrogen) atoms. The highest BCUT2D eigenvalue weighted by molar-refractivity contribution is 5.77. The van der Waals surface area contributed by atoms with Crippen LogP contribution in [0.25, 0.3) is 0 Å². The quantitative estimate of drug-likeness (QED) is 0.706. The minimum atomic E-state index is 0.113. The highest BCUT2D eigenvalue weighted by Crippen LogP contribution is 2.27. The van der Waals surface area contributed by atoms with Crippen molar-refractivity contribution in [1.29, 1.82) is 0 Å². The van der Waals surface area contributed by atoms with E-state index in [9.17, 15) is 4.79 Å². The summed E-state index contributed by atoms with van der Waals surface area (Å²) in [5.41, 5.74) is 0.113. The van der Waals surface area contributed by atoms with Crippen LogP contribution in [0.3, 0.4) is 0 Å². The van der Waals surface area contributed by atoms with E-state index >= 15 is 0 Å². The number of carbonyl (C=O) groups is 1. The first kappa shape index (κ1) is 10.9. The van der Waals surface area contributed by atoms with Gasteiger partial charge in [0.25, 0.3) is 0 Å². The van der Waals surface area contributed by atoms with Gasteiger partial charge in [0.2, 0.25) is 5.91 Å². The van der Waals surface area contributed by atoms with Gasteiger partial charge in [-0.05, 0) is 24.3 Å². The molecule has 0 aromatic heterocycles. The zero-order valence-corrected chi connectivity index (χ0v) is 10.0. The second-order valence-corrected chi connectivity index (χ2v) is 6.15. The largest absolute Gasteiger partial charge is 0.341 e. The Kier molecular flexibility index (Phi) is 2.75. The van der Waals surface area contributed by atoms with E-state index in [4.69, 9.17) is 0 Å². The van der Waals surface area contributed by atoms with Gasteiger partial charge in [-0.1, -0.05) is 20.8 Å². The average molecular weight is 210 g/mol. The van der Waals surface area contributed by atoms with Gasteiger partial charge in [-0.3, -0.25) is 4.79 Å². The Morgan fingerprint density at radius 3 is 2.73 bits per heavy atom. The number of hydrogen-bond acceptors (Lipinski definition) is 2. The number of fused-ring (bicyclic) bond motifs is 1. The molecule has 0 saturated carbocycles. The first-order valence-electron chi connectivity index (χ1n) is 5.97. The van der Waals surface area contributed by atoms with Gasteiger partial charge in [-0.2, -0.15) is 0 Å². The van der Waals surface area contributed by atoms with Crippen LogP contribution in [0.15, 0.2) is 0 Å². The third-order valence-electron chi connectivity index (χ3n) is 3.40. The van der Waals surface area contributed by atoms with Crippen LogP contribution in [0, 0.1) is 11.3 Å². The van der Waals surface area contributed by atoms with Crippen molar-refractivity contribution < 1.29 is 4.79 Å². The molecule has 3 nitrogen and oxygen atoms in total. The number of carbonyl (C=O) groups excluding carboxylic acids is 1. The molecule has 2 aliphatic heterocycles. The molecular weight excluding hydrogens is 188 g/mol. The Balaban J connectivity index is 1.88. The maximum atomic E-state index is 12.0. The van der Waals surface area contributed by atoms with Gasteiger partial charge in [0.05, 0.1) is 0 Å². The lowest BCUT2D eigenvalue weighted by atomic mass is 9.91. The standard InChI is InChI=1S/C12H22N2O/c1-12(2,3)6-11(15)14-7-9-4-5-13-10(9)8-14/h9-10,13H,4-8H2,1-3H3/t9-,10+/m0/s1. The van der Waals surface area contributed by atoms with Crippen molar-refractivity contribution in [3.05, 3.63) is 0 Å². The van der Waals surface area contributed by atoms with E-state index in [0.717, 1.165) is 19.6 Å². The van der Waals surface area contributed by atoms with Crippen molar-refractivity contribution in [3.8, 4) is 0 Å². The molecule has 1 N–H and O–H groups in total. The molecule has 1 amide bonds. The SMILES string of the molecule is CC(C)(C)CC(=O)N1C[C@@H]2CCN[C@@H]2C1. The summed E-state index contributed by atoms with van der Waals surface area (Å²) < 4.78 is 0. The normalized spacial score (nSPS) is 30.7. The van der Waals surface area contributed by atoms with Crippen molar-refractivity contribution in [2.75, 3.05) is 19.6 Å². The average Bonchev–Trinajstić information content (AvgIpc) is 2.56. The number of hydrogen-bond donors (Lipinski definition) is 1. The van der Waals surface area contributed by atoms with Gasteiger partial charge in [0, 0.05) is 25.6 Å². The predicted molar refractivity (Wildman–Crippen MR) is 60.5 cm³/mol. The van der Waals surface area contributed by atoms with Crippen LogP contribution in [0.1, 0.15) is 33.6 Å². The number of nitrogens with one attached hydrogen (secondary N) is 1. The lowest BCUT2D eigenvalue weighted by Gasteiger charge is -2.23. The topological polar surface area (TPSA) is 32.3 Å². The molecule has 2 fully saturated rings. The fourth-order valence-electron chi connectivity index (χ4n) is 2.62. The van der Waals surface area contributed by atoms with Gasteiger partial charge < -0.3 is 10.2 Å². The third-order valence-corrected chi connectivity index (χ3v) is 3.40. The van der Waals surface area contributed by atoms with Crippen LogP contribution < -0.4 is 5.32 Å². The summed E-state index contributed by atoms with van der Waals surface area (Å²) in [6.07, 6.45) is 1.91. The van der Waals surface area contributed by atoms with E-state index in [2.05, 4.69) is 26.1 Å². The number of nitrogens with zero attached hydrogens (tertiary/aromatic N) is 1. The molecule has 0 bridgehead atoms. The highest BCUT2D eigenvalue weighted by atomic mass is 16.2. The fourth-order valence-corrected chi connectivity index (χ4v) is 2.62. The Morgan fingerprint density at radius 2 is 2.13 bits per heavy atom. The Bertz CT molecular complexity index is 245. The maximum absolute atomic E-state index is 12.0. The summed E-state index contributed by atoms with van der Waals surface area (Å²) in [6, 6.07) is 0.578. The van der Waals surface area contributed by atoms with E-state index in [0.29, 0.717) is 24.3 Å². The molecule has 2 saturated heterocycles. The van der Waals surface area contributed by atoms with E-state index in [1.165, 1.54) is 6.42 Å². The summed E-state index contributed by atoms with van der Waals surface area (Å²) in [5, 5.41) is 3.47. The molecule has 0 unspecified atom stereocenters. The minimum absolute atomic E-state index is 0.113. The van der Waals surface area contributed by atoms with Crippen molar-refractivity contribution >= 4 is 5.91 Å². The molecule has 2 aliphatic rings. The predicted octanol–water partition coefficient (Wildman–Crippen LogP) is 1.24. The van der Waals surface area contributed by atoms with E-state index < -0.39 is 0 Å². The smallest absolute Gasteiger partial charge is 0.223 e. The molecule has 0 aromatic rings. The number of rotatable bonds is 1. The van der Waals surface area contributed by atoms with E-state index in [1.54, 1.807) is 0 Å². The monoisotopic (exact) mass is 210 g/mol. The molecular formula is C12H22N2O. The lowest BCUT2D eigenvalue weighted by Crippen LogP contribution is -2.35. The summed E-state index contributed by atoms with van der Waals surface area (Å²) >= 11 is 0. The molecule has 86 valence electrons. The molecule has 0 aliphatic carbocycles. The molecule has 2 atom stereocenters. The van der Waals surface area contributed by atoms with Crippen LogP contribution in [0.5, 0.6) is 0 Å². The Labute approximate surface area is 92.2 Å². The van der Waals surface area contributed by atoms with Crippen LogP contribution >= 0.6 is 0 Å².